The standard InChI is InChI=1S/C11H13FN2O2/c12-9-5-8(3-4-13-10-1-2-10)6-11(7-9)14(15)16/h5-7,10,13H,1-4H2. The van der Waals surface area contributed by atoms with E-state index in [0.29, 0.717) is 18.0 Å². The second-order valence-corrected chi connectivity index (χ2v) is 4.05. The van der Waals surface area contributed by atoms with Gasteiger partial charge in [-0.1, -0.05) is 0 Å². The molecule has 0 radical (unpaired) electrons. The number of hydrogen-bond acceptors (Lipinski definition) is 3. The Balaban J connectivity index is 1.98. The van der Waals surface area contributed by atoms with E-state index in [4.69, 9.17) is 0 Å². The fourth-order valence-corrected chi connectivity index (χ4v) is 1.59. The first-order valence-corrected chi connectivity index (χ1v) is 5.32. The first-order valence-electron chi connectivity index (χ1n) is 5.32. The van der Waals surface area contributed by atoms with Crippen LogP contribution in [-0.2, 0) is 6.42 Å². The van der Waals surface area contributed by atoms with Gasteiger partial charge in [0.25, 0.3) is 5.69 Å². The smallest absolute Gasteiger partial charge is 0.272 e. The maximum Gasteiger partial charge on any atom is 0.272 e. The van der Waals surface area contributed by atoms with Gasteiger partial charge in [0.1, 0.15) is 5.82 Å². The second kappa shape index (κ2) is 4.57. The van der Waals surface area contributed by atoms with E-state index in [2.05, 4.69) is 5.32 Å². The molecule has 1 fully saturated rings. The van der Waals surface area contributed by atoms with Crippen molar-refractivity contribution in [2.24, 2.45) is 0 Å². The fourth-order valence-electron chi connectivity index (χ4n) is 1.59. The van der Waals surface area contributed by atoms with Crippen molar-refractivity contribution in [3.8, 4) is 0 Å². The monoisotopic (exact) mass is 224 g/mol. The highest BCUT2D eigenvalue weighted by atomic mass is 19.1. The molecule has 1 N–H and O–H groups in total. The van der Waals surface area contributed by atoms with Crippen LogP contribution in [0.4, 0.5) is 10.1 Å². The number of hydrogen-bond donors (Lipinski definition) is 1. The Bertz CT molecular complexity index is 405. The molecular weight excluding hydrogens is 211 g/mol. The van der Waals surface area contributed by atoms with Crippen LogP contribution in [0.1, 0.15) is 18.4 Å². The van der Waals surface area contributed by atoms with Crippen LogP contribution in [0.2, 0.25) is 0 Å². The zero-order valence-electron chi connectivity index (χ0n) is 8.78. The molecule has 0 atom stereocenters. The molecule has 1 aliphatic rings. The predicted octanol–water partition coefficient (Wildman–Crippen LogP) is 2.03. The summed E-state index contributed by atoms with van der Waals surface area (Å²) in [5.74, 6) is -0.546. The molecule has 1 aromatic rings. The highest BCUT2D eigenvalue weighted by Gasteiger charge is 2.19. The van der Waals surface area contributed by atoms with Crippen molar-refractivity contribution in [1.29, 1.82) is 0 Å². The predicted molar refractivity (Wildman–Crippen MR) is 57.8 cm³/mol. The van der Waals surface area contributed by atoms with Gasteiger partial charge < -0.3 is 5.32 Å². The van der Waals surface area contributed by atoms with E-state index in [1.807, 2.05) is 0 Å². The first kappa shape index (κ1) is 11.0. The summed E-state index contributed by atoms with van der Waals surface area (Å²) >= 11 is 0. The molecule has 0 aliphatic heterocycles. The first-order chi connectivity index (χ1) is 7.65. The summed E-state index contributed by atoms with van der Waals surface area (Å²) in [5.41, 5.74) is 0.487. The third-order valence-electron chi connectivity index (χ3n) is 2.58. The molecule has 0 heterocycles. The SMILES string of the molecule is O=[N+]([O-])c1cc(F)cc(CCNC2CC2)c1. The topological polar surface area (TPSA) is 55.2 Å². The fraction of sp³-hybridized carbons (Fsp3) is 0.455. The van der Waals surface area contributed by atoms with Gasteiger partial charge in [-0.2, -0.15) is 0 Å². The third-order valence-corrected chi connectivity index (χ3v) is 2.58. The van der Waals surface area contributed by atoms with E-state index in [1.54, 1.807) is 0 Å². The Morgan fingerprint density at radius 3 is 2.81 bits per heavy atom. The summed E-state index contributed by atoms with van der Waals surface area (Å²) < 4.78 is 13.1. The molecule has 0 amide bonds. The average molecular weight is 224 g/mol. The highest BCUT2D eigenvalue weighted by molar-refractivity contribution is 5.35. The van der Waals surface area contributed by atoms with Crippen LogP contribution in [0.5, 0.6) is 0 Å². The van der Waals surface area contributed by atoms with E-state index in [1.165, 1.54) is 25.0 Å². The van der Waals surface area contributed by atoms with Crippen LogP contribution in [0, 0.1) is 15.9 Å². The van der Waals surface area contributed by atoms with Crippen molar-refractivity contribution >= 4 is 5.69 Å². The number of nitrogens with one attached hydrogen (secondary N) is 1. The van der Waals surface area contributed by atoms with Gasteiger partial charge in [0, 0.05) is 12.1 Å². The van der Waals surface area contributed by atoms with E-state index in [0.717, 1.165) is 12.6 Å². The van der Waals surface area contributed by atoms with Gasteiger partial charge in [-0.3, -0.25) is 10.1 Å². The van der Waals surface area contributed by atoms with Crippen LogP contribution in [0.15, 0.2) is 18.2 Å². The van der Waals surface area contributed by atoms with Gasteiger partial charge >= 0.3 is 0 Å². The van der Waals surface area contributed by atoms with Gasteiger partial charge in [0.2, 0.25) is 0 Å². The van der Waals surface area contributed by atoms with Gasteiger partial charge in [-0.25, -0.2) is 4.39 Å². The van der Waals surface area contributed by atoms with Crippen LogP contribution in [0.3, 0.4) is 0 Å². The number of nitro benzene ring substituents is 1. The number of benzene rings is 1. The van der Waals surface area contributed by atoms with Crippen molar-refractivity contribution in [3.63, 3.8) is 0 Å². The van der Waals surface area contributed by atoms with Gasteiger partial charge in [0.05, 0.1) is 11.0 Å². The van der Waals surface area contributed by atoms with E-state index < -0.39 is 10.7 Å². The summed E-state index contributed by atoms with van der Waals surface area (Å²) in [5, 5.41) is 13.8. The Labute approximate surface area is 92.6 Å². The van der Waals surface area contributed by atoms with Gasteiger partial charge in [-0.15, -0.1) is 0 Å². The van der Waals surface area contributed by atoms with Gasteiger partial charge in [0.15, 0.2) is 0 Å². The minimum atomic E-state index is -0.569. The average Bonchev–Trinajstić information content (AvgIpc) is 3.01. The van der Waals surface area contributed by atoms with Gasteiger partial charge in [-0.05, 0) is 37.4 Å². The van der Waals surface area contributed by atoms with Crippen molar-refractivity contribution < 1.29 is 9.31 Å². The molecule has 1 aromatic carbocycles. The second-order valence-electron chi connectivity index (χ2n) is 4.05. The highest BCUT2D eigenvalue weighted by Crippen LogP contribution is 2.19. The third kappa shape index (κ3) is 3.00. The molecular formula is C11H13FN2O2. The van der Waals surface area contributed by atoms with E-state index in [9.17, 15) is 14.5 Å². The molecule has 0 unspecified atom stereocenters. The van der Waals surface area contributed by atoms with Crippen LogP contribution >= 0.6 is 0 Å². The summed E-state index contributed by atoms with van der Waals surface area (Å²) in [6.45, 7) is 0.741. The largest absolute Gasteiger partial charge is 0.314 e. The maximum absolute atomic E-state index is 13.1. The molecule has 2 rings (SSSR count). The molecule has 1 aliphatic carbocycles. The Hall–Kier alpha value is -1.49. The minimum absolute atomic E-state index is 0.179. The van der Waals surface area contributed by atoms with E-state index >= 15 is 0 Å². The van der Waals surface area contributed by atoms with Crippen molar-refractivity contribution in [3.05, 3.63) is 39.7 Å². The number of halogens is 1. The lowest BCUT2D eigenvalue weighted by Crippen LogP contribution is -2.19. The summed E-state index contributed by atoms with van der Waals surface area (Å²) in [6, 6.07) is 4.32. The van der Waals surface area contributed by atoms with Crippen LogP contribution in [0.25, 0.3) is 0 Å². The molecule has 86 valence electrons. The summed E-state index contributed by atoms with van der Waals surface area (Å²) in [4.78, 5) is 9.95. The summed E-state index contributed by atoms with van der Waals surface area (Å²) in [6.07, 6.45) is 3.02. The minimum Gasteiger partial charge on any atom is -0.314 e. The zero-order chi connectivity index (χ0) is 11.5. The number of non-ortho nitro benzene ring substituents is 1. The summed E-state index contributed by atoms with van der Waals surface area (Å²) in [7, 11) is 0. The zero-order valence-corrected chi connectivity index (χ0v) is 8.78. The van der Waals surface area contributed by atoms with Crippen molar-refractivity contribution in [2.75, 3.05) is 6.54 Å². The Kier molecular flexibility index (Phi) is 3.14. The van der Waals surface area contributed by atoms with Crippen LogP contribution in [-0.4, -0.2) is 17.5 Å². The molecule has 5 heteroatoms. The quantitative estimate of drug-likeness (QED) is 0.615. The molecule has 4 nitrogen and oxygen atoms in total. The Morgan fingerprint density at radius 1 is 1.44 bits per heavy atom. The maximum atomic E-state index is 13.1. The molecule has 16 heavy (non-hydrogen) atoms. The lowest BCUT2D eigenvalue weighted by atomic mass is 10.1. The van der Waals surface area contributed by atoms with E-state index in [-0.39, 0.29) is 5.69 Å². The van der Waals surface area contributed by atoms with Crippen molar-refractivity contribution in [1.82, 2.24) is 5.32 Å². The van der Waals surface area contributed by atoms with Crippen LogP contribution < -0.4 is 5.32 Å². The molecule has 0 spiro atoms. The number of nitro groups is 1. The molecule has 1 saturated carbocycles. The number of nitrogens with zero attached hydrogens (tertiary/aromatic N) is 1. The van der Waals surface area contributed by atoms with Crippen molar-refractivity contribution in [2.45, 2.75) is 25.3 Å². The Morgan fingerprint density at radius 2 is 2.19 bits per heavy atom. The normalized spacial score (nSPS) is 15.1. The lowest BCUT2D eigenvalue weighted by molar-refractivity contribution is -0.385. The molecule has 0 saturated heterocycles. The molecule has 0 bridgehead atoms. The molecule has 0 aromatic heterocycles. The lowest BCUT2D eigenvalue weighted by Gasteiger charge is -2.03. The number of rotatable bonds is 5.